The predicted octanol–water partition coefficient (Wildman–Crippen LogP) is 1.47. The molecule has 1 fully saturated rings. The lowest BCUT2D eigenvalue weighted by atomic mass is 9.90. The van der Waals surface area contributed by atoms with Crippen molar-refractivity contribution in [2.24, 2.45) is 11.7 Å². The Kier molecular flexibility index (Phi) is 7.05. The van der Waals surface area contributed by atoms with E-state index < -0.39 is 0 Å². The summed E-state index contributed by atoms with van der Waals surface area (Å²) in [5.41, 5.74) is 5.44. The number of halogens is 1. The highest BCUT2D eigenvalue weighted by molar-refractivity contribution is 5.85. The summed E-state index contributed by atoms with van der Waals surface area (Å²) in [5.74, 6) is 0.504. The standard InChI is InChI=1S/C12H24N2O2.ClH/c1-9(2)7-12(3,8-13)14-11(15)10-5-4-6-16-10;/h9-10H,4-8,13H2,1-3H3,(H,14,15);1H/t10-,12?;/m0./s1. The van der Waals surface area contributed by atoms with Gasteiger partial charge in [0, 0.05) is 18.7 Å². The summed E-state index contributed by atoms with van der Waals surface area (Å²) in [7, 11) is 0. The van der Waals surface area contributed by atoms with Gasteiger partial charge in [-0.05, 0) is 32.1 Å². The van der Waals surface area contributed by atoms with E-state index in [2.05, 4.69) is 19.2 Å². The maximum atomic E-state index is 11.9. The molecule has 3 N–H and O–H groups in total. The van der Waals surface area contributed by atoms with E-state index in [0.717, 1.165) is 19.3 Å². The summed E-state index contributed by atoms with van der Waals surface area (Å²) in [5, 5.41) is 3.03. The van der Waals surface area contributed by atoms with E-state index in [4.69, 9.17) is 10.5 Å². The van der Waals surface area contributed by atoms with Gasteiger partial charge in [0.15, 0.2) is 0 Å². The van der Waals surface area contributed by atoms with Crippen molar-refractivity contribution in [2.45, 2.75) is 51.7 Å². The third-order valence-corrected chi connectivity index (χ3v) is 2.96. The van der Waals surface area contributed by atoms with Crippen LogP contribution in [0.25, 0.3) is 0 Å². The highest BCUT2D eigenvalue weighted by Gasteiger charge is 2.31. The first kappa shape index (κ1) is 16.7. The Hall–Kier alpha value is -0.320. The average Bonchev–Trinajstić information content (AvgIpc) is 2.69. The summed E-state index contributed by atoms with van der Waals surface area (Å²) in [6.45, 7) is 7.42. The Morgan fingerprint density at radius 3 is 2.65 bits per heavy atom. The molecule has 17 heavy (non-hydrogen) atoms. The Labute approximate surface area is 110 Å². The summed E-state index contributed by atoms with van der Waals surface area (Å²) in [4.78, 5) is 11.9. The number of nitrogens with two attached hydrogens (primary N) is 1. The first-order valence-electron chi connectivity index (χ1n) is 6.10. The van der Waals surface area contributed by atoms with Crippen molar-refractivity contribution in [3.05, 3.63) is 0 Å². The third kappa shape index (κ3) is 5.23. The number of rotatable bonds is 5. The van der Waals surface area contributed by atoms with Crippen molar-refractivity contribution in [3.8, 4) is 0 Å². The van der Waals surface area contributed by atoms with Gasteiger partial charge >= 0.3 is 0 Å². The van der Waals surface area contributed by atoms with Crippen molar-refractivity contribution in [2.75, 3.05) is 13.2 Å². The van der Waals surface area contributed by atoms with E-state index in [1.54, 1.807) is 0 Å². The van der Waals surface area contributed by atoms with Crippen LogP contribution >= 0.6 is 12.4 Å². The van der Waals surface area contributed by atoms with E-state index in [0.29, 0.717) is 19.1 Å². The zero-order chi connectivity index (χ0) is 12.2. The summed E-state index contributed by atoms with van der Waals surface area (Å²) in [6.07, 6.45) is 2.43. The van der Waals surface area contributed by atoms with Crippen LogP contribution in [0.2, 0.25) is 0 Å². The summed E-state index contributed by atoms with van der Waals surface area (Å²) in [6, 6.07) is 0. The van der Waals surface area contributed by atoms with Gasteiger partial charge in [0.25, 0.3) is 0 Å². The molecule has 0 saturated carbocycles. The van der Waals surface area contributed by atoms with Crippen molar-refractivity contribution in [1.29, 1.82) is 0 Å². The molecule has 0 bridgehead atoms. The van der Waals surface area contributed by atoms with Gasteiger partial charge in [-0.15, -0.1) is 12.4 Å². The molecular formula is C12H25ClN2O2. The molecule has 1 amide bonds. The Morgan fingerprint density at radius 1 is 1.59 bits per heavy atom. The van der Waals surface area contributed by atoms with Crippen LogP contribution in [-0.4, -0.2) is 30.7 Å². The largest absolute Gasteiger partial charge is 0.368 e. The van der Waals surface area contributed by atoms with Gasteiger partial charge in [-0.25, -0.2) is 0 Å². The highest BCUT2D eigenvalue weighted by atomic mass is 35.5. The van der Waals surface area contributed by atoms with E-state index in [-0.39, 0.29) is 30.0 Å². The molecule has 0 aromatic rings. The predicted molar refractivity (Wildman–Crippen MR) is 71.3 cm³/mol. The molecule has 1 aliphatic rings. The topological polar surface area (TPSA) is 64.3 Å². The van der Waals surface area contributed by atoms with Crippen LogP contribution < -0.4 is 11.1 Å². The van der Waals surface area contributed by atoms with Crippen LogP contribution in [0.1, 0.15) is 40.0 Å². The lowest BCUT2D eigenvalue weighted by Gasteiger charge is -2.32. The fraction of sp³-hybridized carbons (Fsp3) is 0.917. The smallest absolute Gasteiger partial charge is 0.249 e. The maximum absolute atomic E-state index is 11.9. The minimum Gasteiger partial charge on any atom is -0.368 e. The van der Waals surface area contributed by atoms with Gasteiger partial charge in [-0.1, -0.05) is 13.8 Å². The second kappa shape index (κ2) is 7.19. The lowest BCUT2D eigenvalue weighted by molar-refractivity contribution is -0.132. The van der Waals surface area contributed by atoms with Crippen molar-refractivity contribution in [1.82, 2.24) is 5.32 Å². The van der Waals surface area contributed by atoms with E-state index >= 15 is 0 Å². The van der Waals surface area contributed by atoms with E-state index in [1.165, 1.54) is 0 Å². The van der Waals surface area contributed by atoms with Gasteiger partial charge in [0.2, 0.25) is 5.91 Å². The molecule has 0 aromatic carbocycles. The van der Waals surface area contributed by atoms with Crippen LogP contribution in [0, 0.1) is 5.92 Å². The quantitative estimate of drug-likeness (QED) is 0.790. The monoisotopic (exact) mass is 264 g/mol. The van der Waals surface area contributed by atoms with Crippen molar-refractivity contribution < 1.29 is 9.53 Å². The molecule has 5 heteroatoms. The van der Waals surface area contributed by atoms with Crippen molar-refractivity contribution >= 4 is 18.3 Å². The van der Waals surface area contributed by atoms with Crippen molar-refractivity contribution in [3.63, 3.8) is 0 Å². The second-order valence-corrected chi connectivity index (χ2v) is 5.35. The van der Waals surface area contributed by atoms with Crippen LogP contribution in [0.15, 0.2) is 0 Å². The fourth-order valence-corrected chi connectivity index (χ4v) is 2.25. The molecule has 1 heterocycles. The number of nitrogens with one attached hydrogen (secondary N) is 1. The van der Waals surface area contributed by atoms with Gasteiger partial charge < -0.3 is 15.8 Å². The number of hydrogen-bond acceptors (Lipinski definition) is 3. The fourth-order valence-electron chi connectivity index (χ4n) is 2.25. The van der Waals surface area contributed by atoms with Gasteiger partial charge in [-0.3, -0.25) is 4.79 Å². The minimum absolute atomic E-state index is 0. The van der Waals surface area contributed by atoms with Gasteiger partial charge in [0.05, 0.1) is 0 Å². The first-order valence-corrected chi connectivity index (χ1v) is 6.10. The highest BCUT2D eigenvalue weighted by Crippen LogP contribution is 2.18. The molecular weight excluding hydrogens is 240 g/mol. The maximum Gasteiger partial charge on any atom is 0.249 e. The zero-order valence-electron chi connectivity index (χ0n) is 11.0. The van der Waals surface area contributed by atoms with Crippen LogP contribution in [0.3, 0.4) is 0 Å². The molecule has 2 atom stereocenters. The zero-order valence-corrected chi connectivity index (χ0v) is 11.8. The van der Waals surface area contributed by atoms with E-state index in [9.17, 15) is 4.79 Å². The first-order chi connectivity index (χ1) is 7.47. The van der Waals surface area contributed by atoms with Crippen LogP contribution in [0.5, 0.6) is 0 Å². The molecule has 102 valence electrons. The molecule has 0 spiro atoms. The normalized spacial score (nSPS) is 23.0. The molecule has 0 aromatic heterocycles. The molecule has 1 saturated heterocycles. The average molecular weight is 265 g/mol. The lowest BCUT2D eigenvalue weighted by Crippen LogP contribution is -2.54. The number of amides is 1. The molecule has 1 aliphatic heterocycles. The second-order valence-electron chi connectivity index (χ2n) is 5.35. The van der Waals surface area contributed by atoms with Crippen LogP contribution in [-0.2, 0) is 9.53 Å². The molecule has 0 aliphatic carbocycles. The van der Waals surface area contributed by atoms with E-state index in [1.807, 2.05) is 6.92 Å². The number of hydrogen-bond donors (Lipinski definition) is 2. The molecule has 4 nitrogen and oxygen atoms in total. The Balaban J connectivity index is 0.00000256. The van der Waals surface area contributed by atoms with Gasteiger partial charge in [0.1, 0.15) is 6.10 Å². The third-order valence-electron chi connectivity index (χ3n) is 2.96. The molecule has 1 unspecified atom stereocenters. The number of carbonyl (C=O) groups is 1. The van der Waals surface area contributed by atoms with Gasteiger partial charge in [-0.2, -0.15) is 0 Å². The molecule has 0 radical (unpaired) electrons. The SMILES string of the molecule is CC(C)CC(C)(CN)NC(=O)[C@@H]1CCCO1.Cl. The Morgan fingerprint density at radius 2 is 2.24 bits per heavy atom. The number of carbonyl (C=O) groups excluding carboxylic acids is 1. The Bertz CT molecular complexity index is 243. The molecule has 1 rings (SSSR count). The summed E-state index contributed by atoms with van der Waals surface area (Å²) < 4.78 is 5.36. The summed E-state index contributed by atoms with van der Waals surface area (Å²) >= 11 is 0. The van der Waals surface area contributed by atoms with Crippen LogP contribution in [0.4, 0.5) is 0 Å². The minimum atomic E-state index is -0.308. The number of ether oxygens (including phenoxy) is 1.